The van der Waals surface area contributed by atoms with Crippen molar-refractivity contribution >= 4 is 17.5 Å². The van der Waals surface area contributed by atoms with E-state index in [-0.39, 0.29) is 11.8 Å². The molecule has 0 saturated carbocycles. The summed E-state index contributed by atoms with van der Waals surface area (Å²) >= 11 is 0. The van der Waals surface area contributed by atoms with E-state index < -0.39 is 5.60 Å². The highest BCUT2D eigenvalue weighted by molar-refractivity contribution is 6.01. The fraction of sp³-hybridized carbons (Fsp3) is 0.467. The van der Waals surface area contributed by atoms with E-state index in [1.54, 1.807) is 23.1 Å². The Labute approximate surface area is 117 Å². The SMILES string of the molecule is CC1(O)CCN(C(=O)c2ccc3c(c2)CC(=O)N3)CC1. The average Bonchev–Trinajstić information content (AvgIpc) is 2.77. The van der Waals surface area contributed by atoms with Crippen LogP contribution in [0.25, 0.3) is 0 Å². The number of hydrogen-bond donors (Lipinski definition) is 2. The Morgan fingerprint density at radius 3 is 2.75 bits per heavy atom. The molecule has 3 rings (SSSR count). The minimum atomic E-state index is -0.662. The normalized spacial score (nSPS) is 20.5. The van der Waals surface area contributed by atoms with Crippen LogP contribution < -0.4 is 5.32 Å². The predicted molar refractivity (Wildman–Crippen MR) is 74.5 cm³/mol. The van der Waals surface area contributed by atoms with Gasteiger partial charge in [-0.2, -0.15) is 0 Å². The smallest absolute Gasteiger partial charge is 0.253 e. The average molecular weight is 274 g/mol. The van der Waals surface area contributed by atoms with Gasteiger partial charge < -0.3 is 15.3 Å². The first-order valence-corrected chi connectivity index (χ1v) is 6.89. The maximum Gasteiger partial charge on any atom is 0.253 e. The van der Waals surface area contributed by atoms with Crippen molar-refractivity contribution in [1.29, 1.82) is 0 Å². The number of anilines is 1. The van der Waals surface area contributed by atoms with Gasteiger partial charge in [-0.25, -0.2) is 0 Å². The zero-order chi connectivity index (χ0) is 14.3. The largest absolute Gasteiger partial charge is 0.390 e. The number of likely N-dealkylation sites (tertiary alicyclic amines) is 1. The van der Waals surface area contributed by atoms with Crippen LogP contribution >= 0.6 is 0 Å². The first-order valence-electron chi connectivity index (χ1n) is 6.89. The van der Waals surface area contributed by atoms with Crippen LogP contribution in [0.15, 0.2) is 18.2 Å². The maximum absolute atomic E-state index is 12.4. The first kappa shape index (κ1) is 13.1. The molecule has 20 heavy (non-hydrogen) atoms. The van der Waals surface area contributed by atoms with Gasteiger partial charge in [0, 0.05) is 24.3 Å². The summed E-state index contributed by atoms with van der Waals surface area (Å²) in [6.07, 6.45) is 1.54. The number of rotatable bonds is 1. The highest BCUT2D eigenvalue weighted by atomic mass is 16.3. The van der Waals surface area contributed by atoms with E-state index in [1.165, 1.54) is 0 Å². The van der Waals surface area contributed by atoms with Crippen LogP contribution in [0, 0.1) is 0 Å². The Morgan fingerprint density at radius 2 is 2.05 bits per heavy atom. The third-order valence-electron chi connectivity index (χ3n) is 4.11. The molecule has 1 aromatic rings. The lowest BCUT2D eigenvalue weighted by Gasteiger charge is -2.35. The van der Waals surface area contributed by atoms with Gasteiger partial charge in [-0.1, -0.05) is 0 Å². The third-order valence-corrected chi connectivity index (χ3v) is 4.11. The van der Waals surface area contributed by atoms with Crippen molar-refractivity contribution < 1.29 is 14.7 Å². The molecule has 2 heterocycles. The number of aliphatic hydroxyl groups is 1. The molecule has 0 unspecified atom stereocenters. The van der Waals surface area contributed by atoms with Gasteiger partial charge in [0.1, 0.15) is 0 Å². The third kappa shape index (κ3) is 2.41. The molecule has 0 radical (unpaired) electrons. The molecule has 1 aromatic carbocycles. The zero-order valence-electron chi connectivity index (χ0n) is 11.5. The minimum absolute atomic E-state index is 0.0253. The summed E-state index contributed by atoms with van der Waals surface area (Å²) in [5, 5.41) is 12.7. The monoisotopic (exact) mass is 274 g/mol. The Kier molecular flexibility index (Phi) is 3.01. The Balaban J connectivity index is 1.75. The van der Waals surface area contributed by atoms with E-state index in [0.29, 0.717) is 37.9 Å². The topological polar surface area (TPSA) is 69.6 Å². The molecular formula is C15H18N2O3. The van der Waals surface area contributed by atoms with Crippen LogP contribution in [0.3, 0.4) is 0 Å². The number of benzene rings is 1. The lowest BCUT2D eigenvalue weighted by atomic mass is 9.93. The van der Waals surface area contributed by atoms with Gasteiger partial charge in [0.05, 0.1) is 12.0 Å². The molecule has 0 aliphatic carbocycles. The second-order valence-corrected chi connectivity index (χ2v) is 5.89. The molecule has 0 aromatic heterocycles. The Hall–Kier alpha value is -1.88. The number of nitrogens with one attached hydrogen (secondary N) is 1. The molecule has 2 N–H and O–H groups in total. The Morgan fingerprint density at radius 1 is 1.35 bits per heavy atom. The van der Waals surface area contributed by atoms with Gasteiger partial charge in [-0.3, -0.25) is 9.59 Å². The molecular weight excluding hydrogens is 256 g/mol. The van der Waals surface area contributed by atoms with Gasteiger partial charge in [-0.05, 0) is 43.5 Å². The second kappa shape index (κ2) is 4.59. The van der Waals surface area contributed by atoms with Crippen LogP contribution in [0.2, 0.25) is 0 Å². The van der Waals surface area contributed by atoms with E-state index >= 15 is 0 Å². The van der Waals surface area contributed by atoms with Crippen molar-refractivity contribution in [1.82, 2.24) is 4.90 Å². The summed E-state index contributed by atoms with van der Waals surface area (Å²) in [4.78, 5) is 25.5. The van der Waals surface area contributed by atoms with Crippen molar-refractivity contribution in [3.8, 4) is 0 Å². The highest BCUT2D eigenvalue weighted by Crippen LogP contribution is 2.26. The fourth-order valence-corrected chi connectivity index (χ4v) is 2.74. The van der Waals surface area contributed by atoms with Gasteiger partial charge in [0.25, 0.3) is 5.91 Å². The van der Waals surface area contributed by atoms with Crippen molar-refractivity contribution in [2.75, 3.05) is 18.4 Å². The first-order chi connectivity index (χ1) is 9.44. The standard InChI is InChI=1S/C15H18N2O3/c1-15(20)4-6-17(7-5-15)14(19)10-2-3-12-11(8-10)9-13(18)16-12/h2-3,8,20H,4-7,9H2,1H3,(H,16,18). The van der Waals surface area contributed by atoms with Crippen molar-refractivity contribution in [3.05, 3.63) is 29.3 Å². The van der Waals surface area contributed by atoms with Crippen molar-refractivity contribution in [2.24, 2.45) is 0 Å². The number of fused-ring (bicyclic) bond motifs is 1. The second-order valence-electron chi connectivity index (χ2n) is 5.89. The maximum atomic E-state index is 12.4. The number of nitrogens with zero attached hydrogens (tertiary/aromatic N) is 1. The minimum Gasteiger partial charge on any atom is -0.390 e. The molecule has 0 spiro atoms. The van der Waals surface area contributed by atoms with Crippen LogP contribution in [0.1, 0.15) is 35.7 Å². The predicted octanol–water partition coefficient (Wildman–Crippen LogP) is 1.17. The number of carbonyl (C=O) groups excluding carboxylic acids is 2. The fourth-order valence-electron chi connectivity index (χ4n) is 2.74. The molecule has 1 saturated heterocycles. The number of carbonyl (C=O) groups is 2. The molecule has 1 fully saturated rings. The molecule has 0 bridgehead atoms. The molecule has 2 aliphatic rings. The molecule has 5 nitrogen and oxygen atoms in total. The van der Waals surface area contributed by atoms with E-state index in [1.807, 2.05) is 6.92 Å². The summed E-state index contributed by atoms with van der Waals surface area (Å²) in [6.45, 7) is 2.95. The quantitative estimate of drug-likeness (QED) is 0.807. The van der Waals surface area contributed by atoms with E-state index in [4.69, 9.17) is 0 Å². The summed E-state index contributed by atoms with van der Waals surface area (Å²) in [5.41, 5.74) is 1.63. The molecule has 2 aliphatic heterocycles. The summed E-state index contributed by atoms with van der Waals surface area (Å²) < 4.78 is 0. The van der Waals surface area contributed by atoms with Gasteiger partial charge in [-0.15, -0.1) is 0 Å². The molecule has 5 heteroatoms. The summed E-state index contributed by atoms with van der Waals surface area (Å²) in [6, 6.07) is 5.33. The van der Waals surface area contributed by atoms with Gasteiger partial charge in [0.15, 0.2) is 0 Å². The summed E-state index contributed by atoms with van der Waals surface area (Å²) in [5.74, 6) is -0.0544. The van der Waals surface area contributed by atoms with E-state index in [2.05, 4.69) is 5.32 Å². The number of piperidine rings is 1. The van der Waals surface area contributed by atoms with Crippen LogP contribution in [0.5, 0.6) is 0 Å². The molecule has 2 amide bonds. The number of hydrogen-bond acceptors (Lipinski definition) is 3. The molecule has 106 valence electrons. The van der Waals surface area contributed by atoms with Gasteiger partial charge >= 0.3 is 0 Å². The number of amides is 2. The molecule has 0 atom stereocenters. The van der Waals surface area contributed by atoms with E-state index in [9.17, 15) is 14.7 Å². The zero-order valence-corrected chi connectivity index (χ0v) is 11.5. The van der Waals surface area contributed by atoms with Crippen molar-refractivity contribution in [3.63, 3.8) is 0 Å². The lowest BCUT2D eigenvalue weighted by Crippen LogP contribution is -2.45. The van der Waals surface area contributed by atoms with Gasteiger partial charge in [0.2, 0.25) is 5.91 Å². The Bertz CT molecular complexity index is 570. The lowest BCUT2D eigenvalue weighted by molar-refractivity contribution is -0.115. The van der Waals surface area contributed by atoms with Crippen LogP contribution in [-0.4, -0.2) is 40.5 Å². The summed E-state index contributed by atoms with van der Waals surface area (Å²) in [7, 11) is 0. The van der Waals surface area contributed by atoms with Crippen LogP contribution in [-0.2, 0) is 11.2 Å². The van der Waals surface area contributed by atoms with Crippen LogP contribution in [0.4, 0.5) is 5.69 Å². The highest BCUT2D eigenvalue weighted by Gasteiger charge is 2.30. The van der Waals surface area contributed by atoms with Crippen molar-refractivity contribution in [2.45, 2.75) is 31.8 Å². The van der Waals surface area contributed by atoms with E-state index in [0.717, 1.165) is 11.3 Å².